The molecular formula is C12H17NO2. The van der Waals surface area contributed by atoms with Crippen molar-refractivity contribution in [1.82, 2.24) is 0 Å². The quantitative estimate of drug-likeness (QED) is 0.772. The Morgan fingerprint density at radius 2 is 2.00 bits per heavy atom. The summed E-state index contributed by atoms with van der Waals surface area (Å²) in [6.07, 6.45) is 2.78. The highest BCUT2D eigenvalue weighted by molar-refractivity contribution is 5.52. The number of hydrogen-bond donors (Lipinski definition) is 1. The van der Waals surface area contributed by atoms with E-state index in [0.717, 1.165) is 24.3 Å². The molecule has 1 fully saturated rings. The summed E-state index contributed by atoms with van der Waals surface area (Å²) in [7, 11) is 0. The van der Waals surface area contributed by atoms with E-state index >= 15 is 0 Å². The largest absolute Gasteiger partial charge is 0.487 e. The van der Waals surface area contributed by atoms with Crippen molar-refractivity contribution in [3.8, 4) is 11.5 Å². The van der Waals surface area contributed by atoms with Gasteiger partial charge in [0.15, 0.2) is 11.5 Å². The molecule has 3 heteroatoms. The Morgan fingerprint density at radius 3 is 2.60 bits per heavy atom. The molecule has 0 saturated heterocycles. The highest BCUT2D eigenvalue weighted by Gasteiger charge is 2.25. The predicted octanol–water partition coefficient (Wildman–Crippen LogP) is 2.60. The van der Waals surface area contributed by atoms with Crippen molar-refractivity contribution in [2.75, 3.05) is 5.73 Å². The molecule has 1 aromatic carbocycles. The van der Waals surface area contributed by atoms with Gasteiger partial charge in [-0.3, -0.25) is 0 Å². The van der Waals surface area contributed by atoms with Gasteiger partial charge >= 0.3 is 0 Å². The summed E-state index contributed by atoms with van der Waals surface area (Å²) in [6.45, 7) is 3.99. The Balaban J connectivity index is 2.17. The van der Waals surface area contributed by atoms with E-state index in [2.05, 4.69) is 0 Å². The third-order valence-corrected chi connectivity index (χ3v) is 2.15. The first-order valence-electron chi connectivity index (χ1n) is 5.38. The van der Waals surface area contributed by atoms with Crippen LogP contribution in [0.4, 0.5) is 5.69 Å². The molecule has 0 aliphatic heterocycles. The molecule has 0 amide bonds. The number of hydrogen-bond acceptors (Lipinski definition) is 3. The Hall–Kier alpha value is -1.38. The highest BCUT2D eigenvalue weighted by atomic mass is 16.5. The molecule has 0 bridgehead atoms. The summed E-state index contributed by atoms with van der Waals surface area (Å²) >= 11 is 0. The second-order valence-corrected chi connectivity index (χ2v) is 4.19. The van der Waals surface area contributed by atoms with Crippen LogP contribution in [-0.4, -0.2) is 12.2 Å². The number of benzene rings is 1. The lowest BCUT2D eigenvalue weighted by atomic mass is 10.3. The SMILES string of the molecule is CC(C)Oc1ccc(N)cc1OC1CC1. The second kappa shape index (κ2) is 4.01. The standard InChI is InChI=1S/C12H17NO2/c1-8(2)14-11-6-3-9(13)7-12(11)15-10-4-5-10/h3,6-8,10H,4-5,13H2,1-2H3. The first kappa shape index (κ1) is 10.1. The van der Waals surface area contributed by atoms with Crippen LogP contribution in [0.3, 0.4) is 0 Å². The first-order chi connectivity index (χ1) is 7.15. The summed E-state index contributed by atoms with van der Waals surface area (Å²) in [5.74, 6) is 1.55. The van der Waals surface area contributed by atoms with Gasteiger partial charge in [-0.25, -0.2) is 0 Å². The van der Waals surface area contributed by atoms with Gasteiger partial charge in [-0.15, -0.1) is 0 Å². The zero-order chi connectivity index (χ0) is 10.8. The minimum absolute atomic E-state index is 0.148. The number of rotatable bonds is 4. The van der Waals surface area contributed by atoms with Gasteiger partial charge in [-0.2, -0.15) is 0 Å². The van der Waals surface area contributed by atoms with Crippen LogP contribution in [0.2, 0.25) is 0 Å². The Bertz CT molecular complexity index is 345. The van der Waals surface area contributed by atoms with Gasteiger partial charge in [0.25, 0.3) is 0 Å². The summed E-state index contributed by atoms with van der Waals surface area (Å²) in [4.78, 5) is 0. The van der Waals surface area contributed by atoms with E-state index in [-0.39, 0.29) is 6.10 Å². The molecule has 1 saturated carbocycles. The van der Waals surface area contributed by atoms with Crippen LogP contribution < -0.4 is 15.2 Å². The number of nitrogens with two attached hydrogens (primary N) is 1. The molecule has 15 heavy (non-hydrogen) atoms. The molecule has 0 aromatic heterocycles. The number of nitrogen functional groups attached to an aromatic ring is 1. The van der Waals surface area contributed by atoms with Crippen LogP contribution >= 0.6 is 0 Å². The Kier molecular flexibility index (Phi) is 2.71. The molecule has 2 rings (SSSR count). The normalized spacial score (nSPS) is 15.4. The average Bonchev–Trinajstić information content (AvgIpc) is 2.93. The number of anilines is 1. The van der Waals surface area contributed by atoms with Gasteiger partial charge in [0.05, 0.1) is 12.2 Å². The lowest BCUT2D eigenvalue weighted by Crippen LogP contribution is -2.08. The topological polar surface area (TPSA) is 44.5 Å². The molecular weight excluding hydrogens is 190 g/mol. The predicted molar refractivity (Wildman–Crippen MR) is 60.3 cm³/mol. The fraction of sp³-hybridized carbons (Fsp3) is 0.500. The molecule has 0 unspecified atom stereocenters. The maximum Gasteiger partial charge on any atom is 0.163 e. The molecule has 2 N–H and O–H groups in total. The zero-order valence-corrected chi connectivity index (χ0v) is 9.19. The van der Waals surface area contributed by atoms with Crippen molar-refractivity contribution in [2.24, 2.45) is 0 Å². The maximum atomic E-state index is 5.73. The lowest BCUT2D eigenvalue weighted by Gasteiger charge is -2.15. The summed E-state index contributed by atoms with van der Waals surface area (Å²) in [5, 5.41) is 0. The first-order valence-corrected chi connectivity index (χ1v) is 5.38. The third-order valence-electron chi connectivity index (χ3n) is 2.15. The maximum absolute atomic E-state index is 5.73. The molecule has 1 aliphatic carbocycles. The van der Waals surface area contributed by atoms with Crippen molar-refractivity contribution in [3.63, 3.8) is 0 Å². The minimum atomic E-state index is 0.148. The highest BCUT2D eigenvalue weighted by Crippen LogP contribution is 2.35. The van der Waals surface area contributed by atoms with Crippen LogP contribution in [0, 0.1) is 0 Å². The van der Waals surface area contributed by atoms with Gasteiger partial charge in [0, 0.05) is 11.8 Å². The Labute approximate surface area is 90.2 Å². The van der Waals surface area contributed by atoms with Crippen molar-refractivity contribution in [2.45, 2.75) is 38.9 Å². The van der Waals surface area contributed by atoms with Crippen LogP contribution in [0.25, 0.3) is 0 Å². The zero-order valence-electron chi connectivity index (χ0n) is 9.19. The molecule has 1 aromatic rings. The van der Waals surface area contributed by atoms with Crippen LogP contribution in [0.15, 0.2) is 18.2 Å². The van der Waals surface area contributed by atoms with Crippen LogP contribution in [0.1, 0.15) is 26.7 Å². The van der Waals surface area contributed by atoms with E-state index in [1.54, 1.807) is 0 Å². The number of ether oxygens (including phenoxy) is 2. The van der Waals surface area contributed by atoms with E-state index in [1.165, 1.54) is 0 Å². The fourth-order valence-electron chi connectivity index (χ4n) is 1.33. The van der Waals surface area contributed by atoms with Gasteiger partial charge in [-0.1, -0.05) is 0 Å². The van der Waals surface area contributed by atoms with Crippen LogP contribution in [0.5, 0.6) is 11.5 Å². The van der Waals surface area contributed by atoms with Crippen molar-refractivity contribution >= 4 is 5.69 Å². The van der Waals surface area contributed by atoms with Gasteiger partial charge < -0.3 is 15.2 Å². The van der Waals surface area contributed by atoms with Gasteiger partial charge in [-0.05, 0) is 38.8 Å². The van der Waals surface area contributed by atoms with Crippen LogP contribution in [-0.2, 0) is 0 Å². The van der Waals surface area contributed by atoms with E-state index in [0.29, 0.717) is 11.8 Å². The lowest BCUT2D eigenvalue weighted by molar-refractivity contribution is 0.218. The van der Waals surface area contributed by atoms with E-state index in [9.17, 15) is 0 Å². The summed E-state index contributed by atoms with van der Waals surface area (Å²) < 4.78 is 11.4. The molecule has 0 heterocycles. The van der Waals surface area contributed by atoms with E-state index in [1.807, 2.05) is 32.0 Å². The molecule has 0 atom stereocenters. The van der Waals surface area contributed by atoms with Gasteiger partial charge in [0.2, 0.25) is 0 Å². The molecule has 82 valence electrons. The second-order valence-electron chi connectivity index (χ2n) is 4.19. The average molecular weight is 207 g/mol. The molecule has 1 aliphatic rings. The van der Waals surface area contributed by atoms with E-state index < -0.39 is 0 Å². The third kappa shape index (κ3) is 2.78. The van der Waals surface area contributed by atoms with Crippen molar-refractivity contribution in [1.29, 1.82) is 0 Å². The minimum Gasteiger partial charge on any atom is -0.487 e. The van der Waals surface area contributed by atoms with Crippen molar-refractivity contribution in [3.05, 3.63) is 18.2 Å². The summed E-state index contributed by atoms with van der Waals surface area (Å²) in [6, 6.07) is 5.53. The summed E-state index contributed by atoms with van der Waals surface area (Å²) in [5.41, 5.74) is 6.43. The molecule has 0 spiro atoms. The fourth-order valence-corrected chi connectivity index (χ4v) is 1.33. The van der Waals surface area contributed by atoms with Crippen molar-refractivity contribution < 1.29 is 9.47 Å². The molecule has 0 radical (unpaired) electrons. The smallest absolute Gasteiger partial charge is 0.163 e. The van der Waals surface area contributed by atoms with Gasteiger partial charge in [0.1, 0.15) is 0 Å². The molecule has 3 nitrogen and oxygen atoms in total. The Morgan fingerprint density at radius 1 is 1.27 bits per heavy atom. The van der Waals surface area contributed by atoms with E-state index in [4.69, 9.17) is 15.2 Å². The monoisotopic (exact) mass is 207 g/mol.